The Hall–Kier alpha value is -2.86. The minimum absolute atomic E-state index is 1.31. The smallest absolute Gasteiger partial charge is 0.00990 e. The van der Waals surface area contributed by atoms with Crippen LogP contribution in [-0.2, 0) is 0 Å². The van der Waals surface area contributed by atoms with Crippen LogP contribution in [0.15, 0.2) is 97.1 Å². The van der Waals surface area contributed by atoms with Crippen molar-refractivity contribution in [2.45, 2.75) is 0 Å². The second-order valence-electron chi connectivity index (χ2n) is 5.44. The molecule has 104 valence electrons. The highest BCUT2D eigenvalue weighted by Crippen LogP contribution is 2.46. The lowest BCUT2D eigenvalue weighted by atomic mass is 9.81. The fourth-order valence-corrected chi connectivity index (χ4v) is 2.98. The minimum Gasteiger partial charge on any atom is -0.0616 e. The third-order valence-electron chi connectivity index (χ3n) is 4.09. The molecular formula is C22H16. The molecule has 0 N–H and O–H groups in total. The van der Waals surface area contributed by atoms with E-state index in [0.29, 0.717) is 0 Å². The molecule has 0 bridgehead atoms. The maximum absolute atomic E-state index is 2.18. The van der Waals surface area contributed by atoms with Crippen molar-refractivity contribution in [1.29, 1.82) is 0 Å². The first-order valence-electron chi connectivity index (χ1n) is 7.56. The van der Waals surface area contributed by atoms with E-state index in [-0.39, 0.29) is 0 Å². The Bertz CT molecular complexity index is 769. The highest BCUT2D eigenvalue weighted by atomic mass is 14.2. The fourth-order valence-electron chi connectivity index (χ4n) is 2.98. The predicted octanol–water partition coefficient (Wildman–Crippen LogP) is 6.17. The van der Waals surface area contributed by atoms with Gasteiger partial charge >= 0.3 is 0 Å². The normalized spacial score (nSPS) is 10.7. The molecule has 0 heterocycles. The molecule has 0 atom stereocenters. The van der Waals surface area contributed by atoms with E-state index in [4.69, 9.17) is 0 Å². The van der Waals surface area contributed by atoms with Gasteiger partial charge in [0, 0.05) is 0 Å². The maximum atomic E-state index is 2.18. The van der Waals surface area contributed by atoms with E-state index in [1.54, 1.807) is 0 Å². The topological polar surface area (TPSA) is 0 Å². The molecule has 4 aromatic carbocycles. The molecule has 0 amide bonds. The second-order valence-corrected chi connectivity index (χ2v) is 5.44. The van der Waals surface area contributed by atoms with Crippen molar-refractivity contribution in [3.05, 3.63) is 97.1 Å². The minimum atomic E-state index is 1.31. The first-order chi connectivity index (χ1) is 10.9. The number of hydrogen-bond acceptors (Lipinski definition) is 0. The van der Waals surface area contributed by atoms with E-state index >= 15 is 0 Å². The van der Waals surface area contributed by atoms with Crippen LogP contribution in [0.25, 0.3) is 33.0 Å². The zero-order valence-corrected chi connectivity index (χ0v) is 12.2. The average Bonchev–Trinajstić information content (AvgIpc) is 2.60. The number of rotatable bonds is 0. The molecular weight excluding hydrogens is 264 g/mol. The lowest BCUT2D eigenvalue weighted by molar-refractivity contribution is 1.52. The summed E-state index contributed by atoms with van der Waals surface area (Å²) in [5, 5.41) is 2.62. The molecule has 5 rings (SSSR count). The van der Waals surface area contributed by atoms with Gasteiger partial charge in [-0.15, -0.1) is 0 Å². The molecule has 22 heavy (non-hydrogen) atoms. The van der Waals surface area contributed by atoms with Crippen LogP contribution in [0, 0.1) is 0 Å². The summed E-state index contributed by atoms with van der Waals surface area (Å²) in [5.74, 6) is 0. The van der Waals surface area contributed by atoms with Crippen molar-refractivity contribution >= 4 is 10.8 Å². The number of benzene rings is 4. The van der Waals surface area contributed by atoms with Crippen LogP contribution < -0.4 is 0 Å². The van der Waals surface area contributed by atoms with Gasteiger partial charge in [0.2, 0.25) is 0 Å². The Labute approximate surface area is 130 Å². The maximum Gasteiger partial charge on any atom is -0.00990 e. The molecule has 0 aliphatic heterocycles. The summed E-state index contributed by atoms with van der Waals surface area (Å²) in [6, 6.07) is 33.8. The van der Waals surface area contributed by atoms with Crippen molar-refractivity contribution in [2.75, 3.05) is 0 Å². The van der Waals surface area contributed by atoms with E-state index in [0.717, 1.165) is 0 Å². The Morgan fingerprint density at radius 3 is 0.773 bits per heavy atom. The molecule has 0 spiro atoms. The molecule has 0 unspecified atom stereocenters. The van der Waals surface area contributed by atoms with Gasteiger partial charge in [-0.05, 0) is 33.0 Å². The van der Waals surface area contributed by atoms with E-state index in [1.807, 2.05) is 0 Å². The highest BCUT2D eigenvalue weighted by Gasteiger charge is 2.19. The van der Waals surface area contributed by atoms with Crippen molar-refractivity contribution in [3.8, 4) is 22.3 Å². The molecule has 0 radical (unpaired) electrons. The summed E-state index contributed by atoms with van der Waals surface area (Å²) < 4.78 is 0. The van der Waals surface area contributed by atoms with Gasteiger partial charge in [-0.25, -0.2) is 0 Å². The quantitative estimate of drug-likeness (QED) is 0.318. The van der Waals surface area contributed by atoms with Crippen LogP contribution in [0.1, 0.15) is 0 Å². The average molecular weight is 280 g/mol. The van der Waals surface area contributed by atoms with Crippen LogP contribution in [-0.4, -0.2) is 0 Å². The van der Waals surface area contributed by atoms with E-state index < -0.39 is 0 Å². The highest BCUT2D eigenvalue weighted by molar-refractivity contribution is 6.02. The lowest BCUT2D eigenvalue weighted by Crippen LogP contribution is -1.96. The summed E-state index contributed by atoms with van der Waals surface area (Å²) in [6.07, 6.45) is 0. The largest absolute Gasteiger partial charge is 0.0616 e. The Balaban J connectivity index is 0.000000116. The summed E-state index contributed by atoms with van der Waals surface area (Å²) in [7, 11) is 0. The first kappa shape index (κ1) is 12.8. The van der Waals surface area contributed by atoms with E-state index in [1.165, 1.54) is 33.0 Å². The fraction of sp³-hybridized carbons (Fsp3) is 0. The van der Waals surface area contributed by atoms with Crippen LogP contribution in [0.4, 0.5) is 0 Å². The Morgan fingerprint density at radius 1 is 0.273 bits per heavy atom. The zero-order valence-electron chi connectivity index (χ0n) is 12.2. The Kier molecular flexibility index (Phi) is 3.21. The van der Waals surface area contributed by atoms with Crippen LogP contribution in [0.5, 0.6) is 0 Å². The third kappa shape index (κ3) is 2.19. The van der Waals surface area contributed by atoms with Crippen LogP contribution >= 0.6 is 0 Å². The summed E-state index contributed by atoms with van der Waals surface area (Å²) in [4.78, 5) is 0. The monoisotopic (exact) mass is 280 g/mol. The zero-order chi connectivity index (χ0) is 14.8. The molecule has 0 nitrogen and oxygen atoms in total. The van der Waals surface area contributed by atoms with Gasteiger partial charge in [-0.3, -0.25) is 0 Å². The molecule has 1 aliphatic rings. The van der Waals surface area contributed by atoms with Crippen molar-refractivity contribution in [3.63, 3.8) is 0 Å². The molecule has 4 aromatic rings. The van der Waals surface area contributed by atoms with Crippen LogP contribution in [0.2, 0.25) is 0 Å². The van der Waals surface area contributed by atoms with Gasteiger partial charge in [-0.1, -0.05) is 97.1 Å². The molecule has 0 fully saturated rings. The standard InChI is InChI=1S/C12H8.C10H8/c1-2-6-10-9(5-1)11-7-3-4-8-12(10)11;1-2-6-10-8-4-3-7-9(10)5-1/h1-8H;1-8H. The van der Waals surface area contributed by atoms with E-state index in [9.17, 15) is 0 Å². The second kappa shape index (κ2) is 5.50. The van der Waals surface area contributed by atoms with Crippen molar-refractivity contribution < 1.29 is 0 Å². The predicted molar refractivity (Wildman–Crippen MR) is 94.8 cm³/mol. The summed E-state index contributed by atoms with van der Waals surface area (Å²) in [5.41, 5.74) is 5.59. The van der Waals surface area contributed by atoms with Gasteiger partial charge in [0.05, 0.1) is 0 Å². The first-order valence-corrected chi connectivity index (χ1v) is 7.56. The molecule has 0 aromatic heterocycles. The summed E-state index contributed by atoms with van der Waals surface area (Å²) in [6.45, 7) is 0. The van der Waals surface area contributed by atoms with Crippen molar-refractivity contribution in [2.24, 2.45) is 0 Å². The molecule has 1 aliphatic carbocycles. The third-order valence-corrected chi connectivity index (χ3v) is 4.09. The molecule has 0 saturated carbocycles. The lowest BCUT2D eigenvalue weighted by Gasteiger charge is -2.22. The number of fused-ring (bicyclic) bond motifs is 5. The SMILES string of the molecule is c1ccc2c(c1)-c1ccccc1-2.c1ccc2ccccc2c1. The van der Waals surface area contributed by atoms with Crippen LogP contribution in [0.3, 0.4) is 0 Å². The van der Waals surface area contributed by atoms with Gasteiger partial charge < -0.3 is 0 Å². The number of hydrogen-bond donors (Lipinski definition) is 0. The van der Waals surface area contributed by atoms with Gasteiger partial charge in [0.1, 0.15) is 0 Å². The molecule has 0 saturated heterocycles. The van der Waals surface area contributed by atoms with Gasteiger partial charge in [0.25, 0.3) is 0 Å². The van der Waals surface area contributed by atoms with Gasteiger partial charge in [0.15, 0.2) is 0 Å². The van der Waals surface area contributed by atoms with Crippen molar-refractivity contribution in [1.82, 2.24) is 0 Å². The summed E-state index contributed by atoms with van der Waals surface area (Å²) >= 11 is 0. The van der Waals surface area contributed by atoms with Gasteiger partial charge in [-0.2, -0.15) is 0 Å². The molecule has 0 heteroatoms. The Morgan fingerprint density at radius 2 is 0.500 bits per heavy atom. The van der Waals surface area contributed by atoms with E-state index in [2.05, 4.69) is 97.1 Å².